The van der Waals surface area contributed by atoms with Crippen LogP contribution in [0.25, 0.3) is 0 Å². The van der Waals surface area contributed by atoms with E-state index in [0.29, 0.717) is 0 Å². The fourth-order valence-corrected chi connectivity index (χ4v) is 6.46. The van der Waals surface area contributed by atoms with E-state index < -0.39 is 5.41 Å². The zero-order chi connectivity index (χ0) is 18.2. The van der Waals surface area contributed by atoms with Gasteiger partial charge in [0.1, 0.15) is 0 Å². The summed E-state index contributed by atoms with van der Waals surface area (Å²) in [6.07, 6.45) is 6.71. The van der Waals surface area contributed by atoms with Crippen molar-refractivity contribution in [3.8, 4) is 0 Å². The fourth-order valence-electron chi connectivity index (χ4n) is 5.36. The predicted molar refractivity (Wildman–Crippen MR) is 95.6 cm³/mol. The number of ether oxygens (including phenoxy) is 2. The Labute approximate surface area is 159 Å². The largest absolute Gasteiger partial charge is 0.434 e. The maximum atomic E-state index is 12.0. The number of hydrogen-bond donors (Lipinski definition) is 0. The van der Waals surface area contributed by atoms with Gasteiger partial charge in [-0.25, -0.2) is 0 Å². The number of carbonyl (C=O) groups is 2. The summed E-state index contributed by atoms with van der Waals surface area (Å²) < 4.78 is 12.8. The van der Waals surface area contributed by atoms with Gasteiger partial charge in [-0.05, 0) is 16.7 Å². The number of aromatic nitrogens is 1. The lowest BCUT2D eigenvalue weighted by Gasteiger charge is -2.48. The molecule has 0 amide bonds. The van der Waals surface area contributed by atoms with Crippen LogP contribution in [0.5, 0.6) is 0 Å². The van der Waals surface area contributed by atoms with Crippen LogP contribution in [0.4, 0.5) is 0 Å². The smallest absolute Gasteiger partial charge is 0.314 e. The minimum absolute atomic E-state index is 0.0419. The predicted octanol–water partition coefficient (Wildman–Crippen LogP) is 3.12. The number of hydrogen-bond acceptors (Lipinski definition) is 5. The summed E-state index contributed by atoms with van der Waals surface area (Å²) in [4.78, 5) is 23.9. The first-order valence-electron chi connectivity index (χ1n) is 9.04. The highest BCUT2D eigenvalue weighted by molar-refractivity contribution is 7.09. The van der Waals surface area contributed by atoms with E-state index in [4.69, 9.17) is 9.47 Å². The summed E-state index contributed by atoms with van der Waals surface area (Å²) in [5.74, 6) is -0.423. The minimum atomic E-state index is -0.456. The third-order valence-electron chi connectivity index (χ3n) is 6.40. The Kier molecular flexibility index (Phi) is 2.93. The Balaban J connectivity index is 1.64. The lowest BCUT2D eigenvalue weighted by molar-refractivity contribution is -0.728. The number of esters is 2. The minimum Gasteiger partial charge on any atom is -0.434 e. The van der Waals surface area contributed by atoms with Gasteiger partial charge in [-0.1, -0.05) is 35.6 Å². The normalized spacial score (nSPS) is 26.8. The van der Waals surface area contributed by atoms with Crippen LogP contribution in [0.15, 0.2) is 59.5 Å². The van der Waals surface area contributed by atoms with Crippen molar-refractivity contribution in [3.05, 3.63) is 75.6 Å². The molecule has 2 atom stereocenters. The van der Waals surface area contributed by atoms with Crippen LogP contribution in [0.2, 0.25) is 0 Å². The molecule has 0 N–H and O–H groups in total. The van der Waals surface area contributed by atoms with E-state index in [-0.39, 0.29) is 36.7 Å². The van der Waals surface area contributed by atoms with Gasteiger partial charge in [0.25, 0.3) is 0 Å². The molecule has 0 radical (unpaired) electrons. The molecule has 0 saturated carbocycles. The summed E-state index contributed by atoms with van der Waals surface area (Å²) in [7, 11) is 0. The summed E-state index contributed by atoms with van der Waals surface area (Å²) in [6.45, 7) is 0. The van der Waals surface area contributed by atoms with Crippen molar-refractivity contribution in [2.75, 3.05) is 0 Å². The molecule has 4 aliphatic heterocycles. The number of carbonyl (C=O) groups excluding carboxylic acids is 2. The molecular weight excluding hydrogens is 362 g/mol. The molecule has 1 aliphatic carbocycles. The van der Waals surface area contributed by atoms with Crippen molar-refractivity contribution in [3.63, 3.8) is 0 Å². The second kappa shape index (κ2) is 5.16. The maximum Gasteiger partial charge on any atom is 0.314 e. The molecule has 134 valence electrons. The fraction of sp³-hybridized carbons (Fsp3) is 0.286. The molecule has 5 nitrogen and oxygen atoms in total. The first-order chi connectivity index (χ1) is 13.2. The second-order valence-corrected chi connectivity index (χ2v) is 8.45. The third-order valence-corrected chi connectivity index (χ3v) is 7.35. The van der Waals surface area contributed by atoms with Gasteiger partial charge < -0.3 is 9.47 Å². The van der Waals surface area contributed by atoms with Crippen molar-refractivity contribution in [1.29, 1.82) is 0 Å². The van der Waals surface area contributed by atoms with E-state index in [1.165, 1.54) is 16.1 Å². The Morgan fingerprint density at radius 2 is 1.67 bits per heavy atom. The van der Waals surface area contributed by atoms with Crippen molar-refractivity contribution < 1.29 is 23.6 Å². The van der Waals surface area contributed by atoms with Crippen LogP contribution >= 0.6 is 11.3 Å². The highest BCUT2D eigenvalue weighted by Gasteiger charge is 2.63. The molecular formula is C21H16NO4S+. The number of cyclic esters (lactones) is 2. The molecule has 0 spiro atoms. The average molecular weight is 378 g/mol. The highest BCUT2D eigenvalue weighted by atomic mass is 32.1. The molecule has 1 aromatic carbocycles. The second-order valence-electron chi connectivity index (χ2n) is 7.52. The topological polar surface area (TPSA) is 56.5 Å². The van der Waals surface area contributed by atoms with Crippen molar-refractivity contribution in [2.24, 2.45) is 5.41 Å². The number of nitrogens with zero attached hydrogens (tertiary/aromatic N) is 1. The number of benzene rings is 1. The lowest BCUT2D eigenvalue weighted by atomic mass is 9.53. The molecule has 0 fully saturated rings. The van der Waals surface area contributed by atoms with Crippen LogP contribution in [-0.2, 0) is 19.1 Å². The molecule has 1 aromatic heterocycles. The zero-order valence-electron chi connectivity index (χ0n) is 14.4. The van der Waals surface area contributed by atoms with E-state index in [1.807, 2.05) is 0 Å². The summed E-state index contributed by atoms with van der Waals surface area (Å²) >= 11 is 1.73. The standard InChI is InChI=1S/C21H16NO4S/c23-17-7-12(10-25-17)21(13-8-18(24)26-11-13)9-16-14-3-1-2-4-15(14)19(21)20-22(16)5-6-27-20/h1-6,10-11,16,19H,7-9H2/q+1. The molecule has 0 saturated heterocycles. The number of rotatable bonds is 2. The molecule has 2 unspecified atom stereocenters. The molecule has 7 rings (SSSR count). The van der Waals surface area contributed by atoms with Crippen LogP contribution in [0.3, 0.4) is 0 Å². The van der Waals surface area contributed by atoms with Gasteiger partial charge in [0.05, 0.1) is 36.7 Å². The van der Waals surface area contributed by atoms with E-state index in [1.54, 1.807) is 23.9 Å². The quantitative estimate of drug-likeness (QED) is 0.595. The SMILES string of the molecule is O=C1CC(C2(C3=COC(=O)C3)CC3c4ccccc4C2c2scc[n+]23)=CO1. The molecule has 5 aliphatic rings. The van der Waals surface area contributed by atoms with Crippen LogP contribution < -0.4 is 4.57 Å². The van der Waals surface area contributed by atoms with Crippen molar-refractivity contribution in [2.45, 2.75) is 31.2 Å². The van der Waals surface area contributed by atoms with E-state index in [9.17, 15) is 9.59 Å². The van der Waals surface area contributed by atoms with Gasteiger partial charge in [-0.15, -0.1) is 0 Å². The van der Waals surface area contributed by atoms with E-state index in [0.717, 1.165) is 17.6 Å². The average Bonchev–Trinajstić information content (AvgIpc) is 3.42. The summed E-state index contributed by atoms with van der Waals surface area (Å²) in [5, 5.41) is 3.37. The van der Waals surface area contributed by atoms with Gasteiger partial charge in [0, 0.05) is 17.4 Å². The first-order valence-corrected chi connectivity index (χ1v) is 9.92. The molecule has 6 heteroatoms. The molecule has 27 heavy (non-hydrogen) atoms. The first kappa shape index (κ1) is 15.3. The van der Waals surface area contributed by atoms with Gasteiger partial charge in [0.2, 0.25) is 5.01 Å². The summed E-state index contributed by atoms with van der Waals surface area (Å²) in [6, 6.07) is 8.69. The van der Waals surface area contributed by atoms with Crippen LogP contribution in [0, 0.1) is 5.41 Å². The molecule has 5 heterocycles. The Hall–Kier alpha value is -2.73. The van der Waals surface area contributed by atoms with Gasteiger partial charge in [-0.3, -0.25) is 9.59 Å². The Morgan fingerprint density at radius 3 is 2.30 bits per heavy atom. The van der Waals surface area contributed by atoms with Crippen molar-refractivity contribution in [1.82, 2.24) is 0 Å². The van der Waals surface area contributed by atoms with Crippen LogP contribution in [-0.4, -0.2) is 11.9 Å². The monoisotopic (exact) mass is 378 g/mol. The van der Waals surface area contributed by atoms with Gasteiger partial charge >= 0.3 is 11.9 Å². The van der Waals surface area contributed by atoms with Crippen LogP contribution in [0.1, 0.15) is 47.4 Å². The molecule has 2 bridgehead atoms. The maximum absolute atomic E-state index is 12.0. The van der Waals surface area contributed by atoms with E-state index in [2.05, 4.69) is 40.4 Å². The summed E-state index contributed by atoms with van der Waals surface area (Å²) in [5.41, 5.74) is 4.06. The van der Waals surface area contributed by atoms with Gasteiger partial charge in [0.15, 0.2) is 12.2 Å². The van der Waals surface area contributed by atoms with E-state index >= 15 is 0 Å². The third kappa shape index (κ3) is 1.86. The Bertz CT molecular complexity index is 1050. The lowest BCUT2D eigenvalue weighted by Crippen LogP contribution is -2.57. The van der Waals surface area contributed by atoms with Crippen molar-refractivity contribution >= 4 is 23.3 Å². The molecule has 2 aromatic rings. The highest BCUT2D eigenvalue weighted by Crippen LogP contribution is 2.64. The zero-order valence-corrected chi connectivity index (χ0v) is 15.2. The number of fused-ring (bicyclic) bond motifs is 1. The van der Waals surface area contributed by atoms with Gasteiger partial charge in [-0.2, -0.15) is 4.57 Å². The number of thiazole rings is 1. The Morgan fingerprint density at radius 1 is 1.00 bits per heavy atom.